The van der Waals surface area contributed by atoms with Crippen LogP contribution in [0.4, 0.5) is 0 Å². The third kappa shape index (κ3) is 5.45. The molecule has 18 heavy (non-hydrogen) atoms. The van der Waals surface area contributed by atoms with E-state index >= 15 is 0 Å². The van der Waals surface area contributed by atoms with Gasteiger partial charge in [-0.15, -0.1) is 0 Å². The van der Waals surface area contributed by atoms with Gasteiger partial charge in [0.2, 0.25) is 5.91 Å². The maximum absolute atomic E-state index is 11.3. The molecule has 1 aromatic rings. The Kier molecular flexibility index (Phi) is 5.87. The summed E-state index contributed by atoms with van der Waals surface area (Å²) in [6.07, 6.45) is 0. The van der Waals surface area contributed by atoms with Crippen molar-refractivity contribution in [2.75, 3.05) is 13.2 Å². The largest absolute Gasteiger partial charge is 0.481 e. The lowest BCUT2D eigenvalue weighted by atomic mass is 10.2. The minimum atomic E-state index is -0.930. The Morgan fingerprint density at radius 1 is 1.33 bits per heavy atom. The number of nitrogens with one attached hydrogen (secondary N) is 1. The van der Waals surface area contributed by atoms with Gasteiger partial charge in [0, 0.05) is 6.54 Å². The van der Waals surface area contributed by atoms with Crippen LogP contribution in [-0.2, 0) is 20.9 Å². The van der Waals surface area contributed by atoms with Crippen molar-refractivity contribution in [3.8, 4) is 0 Å². The number of benzene rings is 1. The standard InChI is InChI=1S/C13H17NO4/c1-10(13(16)17)7-14-12(15)9-18-8-11-5-3-2-4-6-11/h2-6,10H,7-9H2,1H3,(H,14,15)(H,16,17). The van der Waals surface area contributed by atoms with Gasteiger partial charge >= 0.3 is 5.97 Å². The normalized spacial score (nSPS) is 11.8. The monoisotopic (exact) mass is 251 g/mol. The quantitative estimate of drug-likeness (QED) is 0.759. The lowest BCUT2D eigenvalue weighted by Crippen LogP contribution is -2.33. The minimum Gasteiger partial charge on any atom is -0.481 e. The van der Waals surface area contributed by atoms with E-state index in [2.05, 4.69) is 5.32 Å². The molecule has 0 bridgehead atoms. The van der Waals surface area contributed by atoms with Crippen molar-refractivity contribution < 1.29 is 19.4 Å². The average molecular weight is 251 g/mol. The average Bonchev–Trinajstić information content (AvgIpc) is 2.37. The molecule has 0 fully saturated rings. The molecule has 1 aromatic carbocycles. The van der Waals surface area contributed by atoms with Crippen LogP contribution in [0, 0.1) is 5.92 Å². The Morgan fingerprint density at radius 2 is 2.00 bits per heavy atom. The van der Waals surface area contributed by atoms with E-state index in [0.29, 0.717) is 6.61 Å². The van der Waals surface area contributed by atoms with Crippen molar-refractivity contribution >= 4 is 11.9 Å². The maximum Gasteiger partial charge on any atom is 0.308 e. The summed E-state index contributed by atoms with van der Waals surface area (Å²) in [7, 11) is 0. The lowest BCUT2D eigenvalue weighted by molar-refractivity contribution is -0.141. The first-order chi connectivity index (χ1) is 8.59. The first-order valence-corrected chi connectivity index (χ1v) is 5.70. The van der Waals surface area contributed by atoms with Gasteiger partial charge in [0.25, 0.3) is 0 Å². The number of carboxylic acid groups (broad SMARTS) is 1. The summed E-state index contributed by atoms with van der Waals surface area (Å²) in [4.78, 5) is 21.9. The fourth-order valence-electron chi connectivity index (χ4n) is 1.24. The zero-order valence-corrected chi connectivity index (χ0v) is 10.3. The second-order valence-corrected chi connectivity index (χ2v) is 4.02. The van der Waals surface area contributed by atoms with Crippen molar-refractivity contribution in [3.05, 3.63) is 35.9 Å². The van der Waals surface area contributed by atoms with Gasteiger partial charge in [-0.3, -0.25) is 9.59 Å². The molecule has 0 aliphatic carbocycles. The van der Waals surface area contributed by atoms with E-state index in [4.69, 9.17) is 9.84 Å². The van der Waals surface area contributed by atoms with Gasteiger partial charge in [0.15, 0.2) is 0 Å². The molecule has 0 heterocycles. The predicted octanol–water partition coefficient (Wildman–Crippen LogP) is 1.04. The fraction of sp³-hybridized carbons (Fsp3) is 0.385. The topological polar surface area (TPSA) is 75.6 Å². The van der Waals surface area contributed by atoms with Crippen LogP contribution in [0.25, 0.3) is 0 Å². The molecule has 1 rings (SSSR count). The van der Waals surface area contributed by atoms with Gasteiger partial charge in [-0.1, -0.05) is 37.3 Å². The molecule has 1 atom stereocenters. The SMILES string of the molecule is CC(CNC(=O)COCc1ccccc1)C(=O)O. The zero-order chi connectivity index (χ0) is 13.4. The number of ether oxygens (including phenoxy) is 1. The molecule has 5 nitrogen and oxygen atoms in total. The van der Waals surface area contributed by atoms with Crippen molar-refractivity contribution in [1.29, 1.82) is 0 Å². The number of hydrogen-bond acceptors (Lipinski definition) is 3. The van der Waals surface area contributed by atoms with E-state index in [-0.39, 0.29) is 19.1 Å². The molecular formula is C13H17NO4. The number of hydrogen-bond donors (Lipinski definition) is 2. The van der Waals surface area contributed by atoms with Crippen LogP contribution in [0.3, 0.4) is 0 Å². The Morgan fingerprint density at radius 3 is 2.61 bits per heavy atom. The Labute approximate surface area is 106 Å². The fourth-order valence-corrected chi connectivity index (χ4v) is 1.24. The molecule has 0 aliphatic rings. The zero-order valence-electron chi connectivity index (χ0n) is 10.3. The van der Waals surface area contributed by atoms with E-state index < -0.39 is 11.9 Å². The Hall–Kier alpha value is -1.88. The summed E-state index contributed by atoms with van der Waals surface area (Å²) in [6, 6.07) is 9.51. The number of rotatable bonds is 7. The number of carboxylic acids is 1. The Bertz CT molecular complexity index is 391. The van der Waals surface area contributed by atoms with Gasteiger partial charge in [-0.05, 0) is 5.56 Å². The second-order valence-electron chi connectivity index (χ2n) is 4.02. The third-order valence-electron chi connectivity index (χ3n) is 2.37. The van der Waals surface area contributed by atoms with E-state index in [1.54, 1.807) is 0 Å². The summed E-state index contributed by atoms with van der Waals surface area (Å²) in [5.74, 6) is -1.83. The molecule has 0 radical (unpaired) electrons. The highest BCUT2D eigenvalue weighted by molar-refractivity contribution is 5.78. The van der Waals surface area contributed by atoms with Crippen LogP contribution < -0.4 is 5.32 Å². The van der Waals surface area contributed by atoms with Crippen molar-refractivity contribution in [1.82, 2.24) is 5.32 Å². The van der Waals surface area contributed by atoms with Gasteiger partial charge in [0.05, 0.1) is 12.5 Å². The lowest BCUT2D eigenvalue weighted by Gasteiger charge is -2.08. The summed E-state index contributed by atoms with van der Waals surface area (Å²) >= 11 is 0. The molecule has 2 N–H and O–H groups in total. The van der Waals surface area contributed by atoms with Crippen molar-refractivity contribution in [3.63, 3.8) is 0 Å². The number of carbonyl (C=O) groups excluding carboxylic acids is 1. The number of carbonyl (C=O) groups is 2. The first kappa shape index (κ1) is 14.2. The number of aliphatic carboxylic acids is 1. The van der Waals surface area contributed by atoms with Crippen LogP contribution in [0.5, 0.6) is 0 Å². The highest BCUT2D eigenvalue weighted by Gasteiger charge is 2.11. The summed E-state index contributed by atoms with van der Waals surface area (Å²) < 4.78 is 5.21. The maximum atomic E-state index is 11.3. The predicted molar refractivity (Wildman–Crippen MR) is 65.9 cm³/mol. The van der Waals surface area contributed by atoms with Crippen LogP contribution in [0.15, 0.2) is 30.3 Å². The molecule has 98 valence electrons. The summed E-state index contributed by atoms with van der Waals surface area (Å²) in [6.45, 7) is 1.94. The van der Waals surface area contributed by atoms with Crippen molar-refractivity contribution in [2.45, 2.75) is 13.5 Å². The van der Waals surface area contributed by atoms with Gasteiger partial charge in [0.1, 0.15) is 6.61 Å². The molecular weight excluding hydrogens is 234 g/mol. The molecule has 0 aromatic heterocycles. The Balaban J connectivity index is 2.16. The highest BCUT2D eigenvalue weighted by atomic mass is 16.5. The molecule has 0 aliphatic heterocycles. The second kappa shape index (κ2) is 7.45. The van der Waals surface area contributed by atoms with Crippen LogP contribution in [-0.4, -0.2) is 30.1 Å². The van der Waals surface area contributed by atoms with E-state index in [1.165, 1.54) is 6.92 Å². The van der Waals surface area contributed by atoms with Crippen LogP contribution in [0.1, 0.15) is 12.5 Å². The molecule has 1 amide bonds. The van der Waals surface area contributed by atoms with Gasteiger partial charge in [-0.2, -0.15) is 0 Å². The van der Waals surface area contributed by atoms with E-state index in [9.17, 15) is 9.59 Å². The molecule has 1 unspecified atom stereocenters. The van der Waals surface area contributed by atoms with E-state index in [1.807, 2.05) is 30.3 Å². The molecule has 0 spiro atoms. The number of amides is 1. The minimum absolute atomic E-state index is 0.0682. The van der Waals surface area contributed by atoms with Crippen LogP contribution >= 0.6 is 0 Å². The molecule has 0 saturated carbocycles. The van der Waals surface area contributed by atoms with Gasteiger partial charge in [-0.25, -0.2) is 0 Å². The first-order valence-electron chi connectivity index (χ1n) is 5.70. The van der Waals surface area contributed by atoms with Crippen molar-refractivity contribution in [2.24, 2.45) is 5.92 Å². The van der Waals surface area contributed by atoms with Crippen LogP contribution in [0.2, 0.25) is 0 Å². The molecule has 5 heteroatoms. The van der Waals surface area contributed by atoms with E-state index in [0.717, 1.165) is 5.56 Å². The highest BCUT2D eigenvalue weighted by Crippen LogP contribution is 2.00. The van der Waals surface area contributed by atoms with Gasteiger partial charge < -0.3 is 15.2 Å². The summed E-state index contributed by atoms with van der Waals surface area (Å²) in [5.41, 5.74) is 0.990. The summed E-state index contributed by atoms with van der Waals surface area (Å²) in [5, 5.41) is 11.1. The smallest absolute Gasteiger partial charge is 0.308 e. The third-order valence-corrected chi connectivity index (χ3v) is 2.37. The molecule has 0 saturated heterocycles.